The van der Waals surface area contributed by atoms with Crippen LogP contribution >= 0.6 is 0 Å². The summed E-state index contributed by atoms with van der Waals surface area (Å²) in [5.74, 6) is -0.167. The zero-order valence-corrected chi connectivity index (χ0v) is 9.42. The van der Waals surface area contributed by atoms with E-state index < -0.39 is 4.92 Å². The molecule has 0 saturated carbocycles. The van der Waals surface area contributed by atoms with Crippen molar-refractivity contribution >= 4 is 17.2 Å². The van der Waals surface area contributed by atoms with Crippen LogP contribution in [-0.4, -0.2) is 23.8 Å². The fourth-order valence-corrected chi connectivity index (χ4v) is 1.83. The average Bonchev–Trinajstić information content (AvgIpc) is 2.81. The second-order valence-corrected chi connectivity index (χ2v) is 3.89. The minimum Gasteiger partial charge on any atom is -0.359 e. The first-order chi connectivity index (χ1) is 8.09. The van der Waals surface area contributed by atoms with E-state index >= 15 is 0 Å². The molecule has 0 saturated heterocycles. The Balaban J connectivity index is 2.44. The molecule has 0 amide bonds. The highest BCUT2D eigenvalue weighted by Gasteiger charge is 2.21. The van der Waals surface area contributed by atoms with Gasteiger partial charge in [0.1, 0.15) is 5.69 Å². The van der Waals surface area contributed by atoms with Crippen molar-refractivity contribution in [1.82, 2.24) is 0 Å². The van der Waals surface area contributed by atoms with Crippen LogP contribution in [0.5, 0.6) is 0 Å². The number of carbonyl (C=O) groups is 1. The largest absolute Gasteiger partial charge is 0.359 e. The molecule has 1 heterocycles. The van der Waals surface area contributed by atoms with E-state index in [-0.39, 0.29) is 11.5 Å². The lowest BCUT2D eigenvalue weighted by Crippen LogP contribution is -2.19. The van der Waals surface area contributed by atoms with E-state index in [1.54, 1.807) is 12.1 Å². The zero-order valence-electron chi connectivity index (χ0n) is 9.42. The predicted molar refractivity (Wildman–Crippen MR) is 64.5 cm³/mol. The molecule has 0 spiro atoms. The van der Waals surface area contributed by atoms with Gasteiger partial charge in [0.15, 0.2) is 5.78 Å². The van der Waals surface area contributed by atoms with Crippen LogP contribution in [0.4, 0.5) is 11.4 Å². The molecule has 0 radical (unpaired) electrons. The van der Waals surface area contributed by atoms with Crippen LogP contribution in [0.2, 0.25) is 0 Å². The SMILES string of the molecule is CC(=O)c1ccc(N2CC=CC2)c([N+](=O)[O-])c1. The van der Waals surface area contributed by atoms with Crippen LogP contribution in [0.1, 0.15) is 17.3 Å². The highest BCUT2D eigenvalue weighted by atomic mass is 16.6. The van der Waals surface area contributed by atoms with Crippen molar-refractivity contribution in [1.29, 1.82) is 0 Å². The number of nitro groups is 1. The summed E-state index contributed by atoms with van der Waals surface area (Å²) in [6.07, 6.45) is 3.92. The lowest BCUT2D eigenvalue weighted by Gasteiger charge is -2.17. The van der Waals surface area contributed by atoms with Crippen molar-refractivity contribution in [3.8, 4) is 0 Å². The summed E-state index contributed by atoms with van der Waals surface area (Å²) in [6.45, 7) is 2.73. The number of ketones is 1. The van der Waals surface area contributed by atoms with Crippen LogP contribution in [-0.2, 0) is 0 Å². The molecule has 0 bridgehead atoms. The fourth-order valence-electron chi connectivity index (χ4n) is 1.83. The number of benzene rings is 1. The molecule has 0 fully saturated rings. The Bertz CT molecular complexity index is 500. The van der Waals surface area contributed by atoms with Gasteiger partial charge in [0.2, 0.25) is 0 Å². The maximum atomic E-state index is 11.2. The number of hydrogen-bond donors (Lipinski definition) is 0. The molecule has 5 nitrogen and oxygen atoms in total. The Morgan fingerprint density at radius 2 is 2.00 bits per heavy atom. The monoisotopic (exact) mass is 232 g/mol. The molecule has 2 rings (SSSR count). The van der Waals surface area contributed by atoms with E-state index in [1.807, 2.05) is 17.1 Å². The molecule has 0 N–H and O–H groups in total. The topological polar surface area (TPSA) is 63.5 Å². The number of nitro benzene ring substituents is 1. The zero-order chi connectivity index (χ0) is 12.4. The summed E-state index contributed by atoms with van der Waals surface area (Å²) >= 11 is 0. The molecule has 1 aromatic rings. The number of carbonyl (C=O) groups excluding carboxylic acids is 1. The summed E-state index contributed by atoms with van der Waals surface area (Å²) in [5.41, 5.74) is 0.916. The van der Waals surface area contributed by atoms with Gasteiger partial charge in [-0.05, 0) is 19.1 Å². The highest BCUT2D eigenvalue weighted by molar-refractivity contribution is 5.95. The normalized spacial score (nSPS) is 14.1. The Hall–Kier alpha value is -2.17. The van der Waals surface area contributed by atoms with E-state index in [0.29, 0.717) is 24.3 Å². The quantitative estimate of drug-likeness (QED) is 0.347. The highest BCUT2D eigenvalue weighted by Crippen LogP contribution is 2.30. The van der Waals surface area contributed by atoms with Crippen molar-refractivity contribution in [3.05, 3.63) is 46.0 Å². The molecular weight excluding hydrogens is 220 g/mol. The van der Waals surface area contributed by atoms with Gasteiger partial charge in [-0.3, -0.25) is 14.9 Å². The van der Waals surface area contributed by atoms with Crippen LogP contribution in [0.3, 0.4) is 0 Å². The number of Topliss-reactive ketones (excluding diaryl/α,β-unsaturated/α-hetero) is 1. The first-order valence-corrected chi connectivity index (χ1v) is 5.29. The third kappa shape index (κ3) is 2.18. The van der Waals surface area contributed by atoms with E-state index in [2.05, 4.69) is 0 Å². The van der Waals surface area contributed by atoms with Gasteiger partial charge in [-0.25, -0.2) is 0 Å². The average molecular weight is 232 g/mol. The van der Waals surface area contributed by atoms with E-state index in [9.17, 15) is 14.9 Å². The second-order valence-electron chi connectivity index (χ2n) is 3.89. The molecule has 88 valence electrons. The lowest BCUT2D eigenvalue weighted by molar-refractivity contribution is -0.384. The maximum absolute atomic E-state index is 11.2. The lowest BCUT2D eigenvalue weighted by atomic mass is 10.1. The van der Waals surface area contributed by atoms with Gasteiger partial charge in [-0.1, -0.05) is 12.2 Å². The summed E-state index contributed by atoms with van der Waals surface area (Å²) in [4.78, 5) is 23.7. The van der Waals surface area contributed by atoms with Gasteiger partial charge in [-0.2, -0.15) is 0 Å². The van der Waals surface area contributed by atoms with Crippen molar-refractivity contribution in [2.75, 3.05) is 18.0 Å². The number of nitrogens with zero attached hydrogens (tertiary/aromatic N) is 2. The smallest absolute Gasteiger partial charge is 0.293 e. The van der Waals surface area contributed by atoms with Crippen LogP contribution in [0, 0.1) is 10.1 Å². The van der Waals surface area contributed by atoms with Crippen LogP contribution in [0.15, 0.2) is 30.4 Å². The van der Waals surface area contributed by atoms with Crippen molar-refractivity contribution in [2.45, 2.75) is 6.92 Å². The number of rotatable bonds is 3. The van der Waals surface area contributed by atoms with Gasteiger partial charge >= 0.3 is 0 Å². The van der Waals surface area contributed by atoms with Gasteiger partial charge in [0.25, 0.3) is 5.69 Å². The molecule has 0 aromatic heterocycles. The summed E-state index contributed by atoms with van der Waals surface area (Å²) in [7, 11) is 0. The van der Waals surface area contributed by atoms with Crippen LogP contribution in [0.25, 0.3) is 0 Å². The Labute approximate surface area is 98.5 Å². The Kier molecular flexibility index (Phi) is 2.91. The van der Waals surface area contributed by atoms with E-state index in [4.69, 9.17) is 0 Å². The molecule has 5 heteroatoms. The minimum absolute atomic E-state index is 0.0126. The number of anilines is 1. The van der Waals surface area contributed by atoms with Crippen molar-refractivity contribution < 1.29 is 9.72 Å². The van der Waals surface area contributed by atoms with Crippen LogP contribution < -0.4 is 4.90 Å². The van der Waals surface area contributed by atoms with Crippen molar-refractivity contribution in [2.24, 2.45) is 0 Å². The molecule has 0 aliphatic carbocycles. The summed E-state index contributed by atoms with van der Waals surface area (Å²) < 4.78 is 0. The second kappa shape index (κ2) is 4.37. The molecule has 1 aromatic carbocycles. The molecular formula is C12H12N2O3. The predicted octanol–water partition coefficient (Wildman–Crippen LogP) is 2.17. The minimum atomic E-state index is -0.444. The first kappa shape index (κ1) is 11.3. The summed E-state index contributed by atoms with van der Waals surface area (Å²) in [6, 6.07) is 4.61. The van der Waals surface area contributed by atoms with Crippen molar-refractivity contribution in [3.63, 3.8) is 0 Å². The number of hydrogen-bond acceptors (Lipinski definition) is 4. The molecule has 0 atom stereocenters. The van der Waals surface area contributed by atoms with Gasteiger partial charge < -0.3 is 4.90 Å². The molecule has 1 aliphatic heterocycles. The summed E-state index contributed by atoms with van der Waals surface area (Å²) in [5, 5.41) is 11.0. The van der Waals surface area contributed by atoms with Gasteiger partial charge in [0.05, 0.1) is 4.92 Å². The Morgan fingerprint density at radius 1 is 1.35 bits per heavy atom. The first-order valence-electron chi connectivity index (χ1n) is 5.29. The molecule has 1 aliphatic rings. The Morgan fingerprint density at radius 3 is 2.53 bits per heavy atom. The third-order valence-corrected chi connectivity index (χ3v) is 2.74. The standard InChI is InChI=1S/C12H12N2O3/c1-9(15)10-4-5-11(12(8-10)14(16)17)13-6-2-3-7-13/h2-5,8H,6-7H2,1H3. The third-order valence-electron chi connectivity index (χ3n) is 2.74. The van der Waals surface area contributed by atoms with E-state index in [0.717, 1.165) is 0 Å². The molecule has 17 heavy (non-hydrogen) atoms. The molecule has 0 unspecified atom stereocenters. The van der Waals surface area contributed by atoms with Gasteiger partial charge in [0, 0.05) is 24.7 Å². The fraction of sp³-hybridized carbons (Fsp3) is 0.250. The van der Waals surface area contributed by atoms with E-state index in [1.165, 1.54) is 13.0 Å². The van der Waals surface area contributed by atoms with Gasteiger partial charge in [-0.15, -0.1) is 0 Å². The maximum Gasteiger partial charge on any atom is 0.293 e.